The summed E-state index contributed by atoms with van der Waals surface area (Å²) < 4.78 is 10.5. The van der Waals surface area contributed by atoms with Gasteiger partial charge in [0, 0.05) is 0 Å². The topological polar surface area (TPSA) is 38.7 Å². The normalized spacial score (nSPS) is 25.7. The Morgan fingerprint density at radius 1 is 1.38 bits per heavy atom. The first kappa shape index (κ1) is 8.66. The van der Waals surface area contributed by atoms with E-state index in [0.717, 1.165) is 0 Å². The van der Waals surface area contributed by atoms with Crippen molar-refractivity contribution in [3.05, 3.63) is 24.3 Å². The predicted octanol–water partition coefficient (Wildman–Crippen LogP) is 1.39. The molecular formula is C9H9ClO3. The number of benzene rings is 1. The van der Waals surface area contributed by atoms with Gasteiger partial charge in [-0.25, -0.2) is 0 Å². The van der Waals surface area contributed by atoms with E-state index in [-0.39, 0.29) is 12.5 Å². The van der Waals surface area contributed by atoms with Gasteiger partial charge >= 0.3 is 0 Å². The second kappa shape index (κ2) is 3.09. The van der Waals surface area contributed by atoms with Crippen LogP contribution in [0, 0.1) is 0 Å². The smallest absolute Gasteiger partial charge is 0.256 e. The molecule has 0 aliphatic carbocycles. The van der Waals surface area contributed by atoms with Crippen LogP contribution in [0.2, 0.25) is 0 Å². The van der Waals surface area contributed by atoms with Crippen LogP contribution in [0.5, 0.6) is 11.5 Å². The lowest BCUT2D eigenvalue weighted by atomic mass is 10.2. The van der Waals surface area contributed by atoms with Crippen LogP contribution in [0.3, 0.4) is 0 Å². The van der Waals surface area contributed by atoms with Crippen LogP contribution in [0.1, 0.15) is 0 Å². The molecular weight excluding hydrogens is 192 g/mol. The molecule has 1 aliphatic heterocycles. The number of ether oxygens (including phenoxy) is 2. The molecule has 1 unspecified atom stereocenters. The van der Waals surface area contributed by atoms with Crippen LogP contribution >= 0.6 is 11.6 Å². The number of hydrogen-bond acceptors (Lipinski definition) is 3. The average molecular weight is 201 g/mol. The van der Waals surface area contributed by atoms with Crippen LogP contribution in [0.4, 0.5) is 0 Å². The first-order chi connectivity index (χ1) is 6.23. The Morgan fingerprint density at radius 2 is 2.08 bits per heavy atom. The van der Waals surface area contributed by atoms with Crippen LogP contribution in [0.25, 0.3) is 0 Å². The summed E-state index contributed by atoms with van der Waals surface area (Å²) in [5, 5.41) is 9.65. The van der Waals surface area contributed by atoms with Gasteiger partial charge in [-0.3, -0.25) is 0 Å². The van der Waals surface area contributed by atoms with Crippen molar-refractivity contribution in [1.29, 1.82) is 0 Å². The zero-order chi connectivity index (χ0) is 9.31. The lowest BCUT2D eigenvalue weighted by Gasteiger charge is -2.32. The highest BCUT2D eigenvalue weighted by molar-refractivity contribution is 6.18. The average Bonchev–Trinajstić information content (AvgIpc) is 2.18. The third-order valence-electron chi connectivity index (χ3n) is 1.81. The maximum absolute atomic E-state index is 9.65. The van der Waals surface area contributed by atoms with Crippen molar-refractivity contribution >= 4 is 11.6 Å². The summed E-state index contributed by atoms with van der Waals surface area (Å²) in [6.07, 6.45) is 0. The van der Waals surface area contributed by atoms with Gasteiger partial charge in [-0.05, 0) is 12.1 Å². The van der Waals surface area contributed by atoms with Crippen LogP contribution in [0.15, 0.2) is 24.3 Å². The predicted molar refractivity (Wildman–Crippen MR) is 48.2 cm³/mol. The molecule has 0 spiro atoms. The Kier molecular flexibility index (Phi) is 2.06. The molecule has 3 nitrogen and oxygen atoms in total. The summed E-state index contributed by atoms with van der Waals surface area (Å²) in [6, 6.07) is 7.16. The lowest BCUT2D eigenvalue weighted by Crippen LogP contribution is -2.46. The van der Waals surface area contributed by atoms with Crippen molar-refractivity contribution in [2.75, 3.05) is 12.5 Å². The van der Waals surface area contributed by atoms with E-state index in [2.05, 4.69) is 0 Å². The number of rotatable bonds is 1. The van der Waals surface area contributed by atoms with Gasteiger partial charge in [0.05, 0.1) is 5.88 Å². The maximum Gasteiger partial charge on any atom is 0.256 e. The van der Waals surface area contributed by atoms with Gasteiger partial charge in [-0.15, -0.1) is 11.6 Å². The lowest BCUT2D eigenvalue weighted by molar-refractivity contribution is -0.156. The van der Waals surface area contributed by atoms with Gasteiger partial charge in [0.2, 0.25) is 0 Å². The van der Waals surface area contributed by atoms with Gasteiger partial charge in [0.25, 0.3) is 5.79 Å². The molecule has 0 bridgehead atoms. The van der Waals surface area contributed by atoms with Gasteiger partial charge in [0.15, 0.2) is 18.1 Å². The Labute approximate surface area is 80.8 Å². The van der Waals surface area contributed by atoms with Crippen molar-refractivity contribution in [3.63, 3.8) is 0 Å². The van der Waals surface area contributed by atoms with Crippen molar-refractivity contribution in [2.24, 2.45) is 0 Å². The maximum atomic E-state index is 9.65. The summed E-state index contributed by atoms with van der Waals surface area (Å²) in [5.41, 5.74) is 0. The van der Waals surface area contributed by atoms with Crippen LogP contribution < -0.4 is 9.47 Å². The fraction of sp³-hybridized carbons (Fsp3) is 0.333. The molecule has 70 valence electrons. The number of fused-ring (bicyclic) bond motifs is 1. The third kappa shape index (κ3) is 1.57. The Morgan fingerprint density at radius 3 is 2.77 bits per heavy atom. The summed E-state index contributed by atoms with van der Waals surface area (Å²) in [4.78, 5) is 0. The highest BCUT2D eigenvalue weighted by Gasteiger charge is 2.34. The Balaban J connectivity index is 2.29. The van der Waals surface area contributed by atoms with Crippen molar-refractivity contribution < 1.29 is 14.6 Å². The molecule has 1 N–H and O–H groups in total. The summed E-state index contributed by atoms with van der Waals surface area (Å²) >= 11 is 5.53. The first-order valence-electron chi connectivity index (χ1n) is 3.93. The molecule has 1 aliphatic rings. The monoisotopic (exact) mass is 200 g/mol. The van der Waals surface area contributed by atoms with Crippen molar-refractivity contribution in [3.8, 4) is 11.5 Å². The van der Waals surface area contributed by atoms with Crippen LogP contribution in [-0.2, 0) is 0 Å². The van der Waals surface area contributed by atoms with E-state index in [1.807, 2.05) is 12.1 Å². The number of aliphatic hydroxyl groups is 1. The van der Waals surface area contributed by atoms with Gasteiger partial charge in [-0.2, -0.15) is 0 Å². The Hall–Kier alpha value is -0.930. The van der Waals surface area contributed by atoms with E-state index in [1.54, 1.807) is 12.1 Å². The molecule has 0 radical (unpaired) electrons. The second-order valence-electron chi connectivity index (χ2n) is 2.92. The largest absolute Gasteiger partial charge is 0.483 e. The summed E-state index contributed by atoms with van der Waals surface area (Å²) in [5.74, 6) is -0.244. The molecule has 0 saturated heterocycles. The van der Waals surface area contributed by atoms with Crippen molar-refractivity contribution in [2.45, 2.75) is 5.79 Å². The fourth-order valence-electron chi connectivity index (χ4n) is 1.14. The minimum atomic E-state index is -1.39. The van der Waals surface area contributed by atoms with E-state index in [1.165, 1.54) is 0 Å². The molecule has 0 saturated carbocycles. The number of hydrogen-bond donors (Lipinski definition) is 1. The molecule has 2 rings (SSSR count). The highest BCUT2D eigenvalue weighted by atomic mass is 35.5. The van der Waals surface area contributed by atoms with E-state index >= 15 is 0 Å². The number of para-hydroxylation sites is 2. The SMILES string of the molecule is OC1(CCl)COc2ccccc2O1. The zero-order valence-electron chi connectivity index (χ0n) is 6.87. The van der Waals surface area contributed by atoms with E-state index < -0.39 is 5.79 Å². The van der Waals surface area contributed by atoms with Gasteiger partial charge in [-0.1, -0.05) is 12.1 Å². The van der Waals surface area contributed by atoms with E-state index in [4.69, 9.17) is 21.1 Å². The van der Waals surface area contributed by atoms with Crippen LogP contribution in [-0.4, -0.2) is 23.4 Å². The third-order valence-corrected chi connectivity index (χ3v) is 2.23. The molecule has 1 aromatic rings. The molecule has 1 aromatic carbocycles. The molecule has 4 heteroatoms. The highest BCUT2D eigenvalue weighted by Crippen LogP contribution is 2.34. The fourth-order valence-corrected chi connectivity index (χ4v) is 1.28. The minimum Gasteiger partial charge on any atom is -0.483 e. The second-order valence-corrected chi connectivity index (χ2v) is 3.18. The van der Waals surface area contributed by atoms with Gasteiger partial charge in [0.1, 0.15) is 0 Å². The molecule has 1 atom stereocenters. The summed E-state index contributed by atoms with van der Waals surface area (Å²) in [6.45, 7) is 0.0630. The van der Waals surface area contributed by atoms with Crippen molar-refractivity contribution in [1.82, 2.24) is 0 Å². The van der Waals surface area contributed by atoms with Gasteiger partial charge < -0.3 is 14.6 Å². The summed E-state index contributed by atoms with van der Waals surface area (Å²) in [7, 11) is 0. The molecule has 13 heavy (non-hydrogen) atoms. The Bertz CT molecular complexity index is 315. The number of alkyl halides is 1. The molecule has 0 aromatic heterocycles. The molecule has 1 heterocycles. The number of halogens is 1. The molecule has 0 fully saturated rings. The first-order valence-corrected chi connectivity index (χ1v) is 4.46. The molecule has 0 amide bonds. The standard InChI is InChI=1S/C9H9ClO3/c10-5-9(11)6-12-7-3-1-2-4-8(7)13-9/h1-4,11H,5-6H2. The van der Waals surface area contributed by atoms with E-state index in [9.17, 15) is 5.11 Å². The minimum absolute atomic E-state index is 0.0126. The van der Waals surface area contributed by atoms with E-state index in [0.29, 0.717) is 11.5 Å². The zero-order valence-corrected chi connectivity index (χ0v) is 7.62. The quantitative estimate of drug-likeness (QED) is 0.697.